The van der Waals surface area contributed by atoms with E-state index < -0.39 is 5.91 Å². The Bertz CT molecular complexity index is 549. The molecular formula is C12H13N3O. The highest BCUT2D eigenvalue weighted by atomic mass is 16.1. The van der Waals surface area contributed by atoms with Gasteiger partial charge in [0, 0.05) is 31.4 Å². The molecule has 0 unspecified atom stereocenters. The van der Waals surface area contributed by atoms with E-state index in [1.165, 1.54) is 0 Å². The minimum absolute atomic E-state index is 0.450. The van der Waals surface area contributed by atoms with Gasteiger partial charge in [-0.05, 0) is 24.3 Å². The molecule has 2 N–H and O–H groups in total. The number of hydrogen-bond donors (Lipinski definition) is 1. The summed E-state index contributed by atoms with van der Waals surface area (Å²) in [7, 11) is 3.90. The first-order valence-corrected chi connectivity index (χ1v) is 4.96. The smallest absolute Gasteiger partial charge is 0.250 e. The number of hydrogen-bond acceptors (Lipinski definition) is 3. The van der Waals surface area contributed by atoms with Crippen LogP contribution in [-0.2, 0) is 0 Å². The van der Waals surface area contributed by atoms with Crippen molar-refractivity contribution >= 4 is 22.5 Å². The van der Waals surface area contributed by atoms with Crippen molar-refractivity contribution in [2.45, 2.75) is 0 Å². The summed E-state index contributed by atoms with van der Waals surface area (Å²) < 4.78 is 0. The lowest BCUT2D eigenvalue weighted by molar-refractivity contribution is 0.100. The first-order valence-electron chi connectivity index (χ1n) is 4.96. The first-order chi connectivity index (χ1) is 7.61. The monoisotopic (exact) mass is 215 g/mol. The maximum Gasteiger partial charge on any atom is 0.250 e. The third-order valence-electron chi connectivity index (χ3n) is 2.49. The number of pyridine rings is 1. The summed E-state index contributed by atoms with van der Waals surface area (Å²) in [5.41, 5.74) is 7.45. The third kappa shape index (κ3) is 1.58. The number of aromatic nitrogens is 1. The van der Waals surface area contributed by atoms with Gasteiger partial charge < -0.3 is 10.6 Å². The number of carbonyl (C=O) groups is 1. The van der Waals surface area contributed by atoms with Crippen LogP contribution in [0.2, 0.25) is 0 Å². The Labute approximate surface area is 93.7 Å². The van der Waals surface area contributed by atoms with Gasteiger partial charge in [-0.15, -0.1) is 0 Å². The Balaban J connectivity index is 2.82. The van der Waals surface area contributed by atoms with Crippen LogP contribution in [0.5, 0.6) is 0 Å². The summed E-state index contributed by atoms with van der Waals surface area (Å²) in [6, 6.07) is 7.38. The Kier molecular flexibility index (Phi) is 2.48. The lowest BCUT2D eigenvalue weighted by atomic mass is 10.1. The Hall–Kier alpha value is -2.10. The van der Waals surface area contributed by atoms with Crippen molar-refractivity contribution in [2.75, 3.05) is 19.0 Å². The predicted molar refractivity (Wildman–Crippen MR) is 64.6 cm³/mol. The van der Waals surface area contributed by atoms with Crippen LogP contribution in [0, 0.1) is 0 Å². The molecule has 4 nitrogen and oxygen atoms in total. The van der Waals surface area contributed by atoms with E-state index in [1.54, 1.807) is 12.3 Å². The largest absolute Gasteiger partial charge is 0.377 e. The fourth-order valence-electron chi connectivity index (χ4n) is 1.75. The number of carbonyl (C=O) groups excluding carboxylic acids is 1. The first kappa shape index (κ1) is 10.4. The Morgan fingerprint density at radius 1 is 1.31 bits per heavy atom. The van der Waals surface area contributed by atoms with E-state index in [0.717, 1.165) is 11.1 Å². The molecular weight excluding hydrogens is 202 g/mol. The molecule has 4 heteroatoms. The van der Waals surface area contributed by atoms with Crippen molar-refractivity contribution in [3.63, 3.8) is 0 Å². The van der Waals surface area contributed by atoms with Crippen LogP contribution in [0.25, 0.3) is 10.9 Å². The van der Waals surface area contributed by atoms with E-state index in [1.807, 2.05) is 37.2 Å². The van der Waals surface area contributed by atoms with Crippen molar-refractivity contribution in [1.29, 1.82) is 0 Å². The predicted octanol–water partition coefficient (Wildman–Crippen LogP) is 1.40. The zero-order valence-electron chi connectivity index (χ0n) is 9.27. The zero-order valence-corrected chi connectivity index (χ0v) is 9.27. The molecule has 0 radical (unpaired) electrons. The average Bonchev–Trinajstić information content (AvgIpc) is 2.27. The molecule has 2 aromatic rings. The summed E-state index contributed by atoms with van der Waals surface area (Å²) >= 11 is 0. The zero-order chi connectivity index (χ0) is 11.7. The summed E-state index contributed by atoms with van der Waals surface area (Å²) in [5.74, 6) is -0.450. The van der Waals surface area contributed by atoms with Crippen molar-refractivity contribution in [3.05, 3.63) is 36.0 Å². The molecule has 1 amide bonds. The highest BCUT2D eigenvalue weighted by Crippen LogP contribution is 2.26. The normalized spacial score (nSPS) is 10.4. The Morgan fingerprint density at radius 3 is 2.69 bits per heavy atom. The van der Waals surface area contributed by atoms with Crippen molar-refractivity contribution in [3.8, 4) is 0 Å². The second kappa shape index (κ2) is 3.81. The van der Waals surface area contributed by atoms with Crippen LogP contribution in [0.4, 0.5) is 5.69 Å². The van der Waals surface area contributed by atoms with E-state index >= 15 is 0 Å². The number of anilines is 1. The van der Waals surface area contributed by atoms with Gasteiger partial charge in [0.1, 0.15) is 0 Å². The van der Waals surface area contributed by atoms with Crippen LogP contribution in [0.15, 0.2) is 30.5 Å². The maximum atomic E-state index is 11.3. The number of nitrogens with zero attached hydrogens (tertiary/aromatic N) is 2. The maximum absolute atomic E-state index is 11.3. The molecule has 82 valence electrons. The minimum Gasteiger partial charge on any atom is -0.377 e. The highest BCUT2D eigenvalue weighted by molar-refractivity contribution is 6.08. The number of amides is 1. The summed E-state index contributed by atoms with van der Waals surface area (Å²) in [6.07, 6.45) is 1.66. The highest BCUT2D eigenvalue weighted by Gasteiger charge is 2.11. The SMILES string of the molecule is CN(C)c1ccc(C(N)=O)c2ncccc12. The van der Waals surface area contributed by atoms with E-state index in [-0.39, 0.29) is 0 Å². The van der Waals surface area contributed by atoms with Crippen LogP contribution in [-0.4, -0.2) is 25.0 Å². The molecule has 1 aromatic carbocycles. The van der Waals surface area contributed by atoms with Gasteiger partial charge in [-0.25, -0.2) is 0 Å². The van der Waals surface area contributed by atoms with Gasteiger partial charge in [0.15, 0.2) is 0 Å². The van der Waals surface area contributed by atoms with Gasteiger partial charge in [0.25, 0.3) is 5.91 Å². The van der Waals surface area contributed by atoms with E-state index in [9.17, 15) is 4.79 Å². The Morgan fingerprint density at radius 2 is 2.06 bits per heavy atom. The van der Waals surface area contributed by atoms with E-state index in [0.29, 0.717) is 11.1 Å². The van der Waals surface area contributed by atoms with E-state index in [4.69, 9.17) is 5.73 Å². The fraction of sp³-hybridized carbons (Fsp3) is 0.167. The molecule has 0 aliphatic carbocycles. The van der Waals surface area contributed by atoms with Gasteiger partial charge in [0.05, 0.1) is 11.1 Å². The number of fused-ring (bicyclic) bond motifs is 1. The number of primary amides is 1. The molecule has 1 aromatic heterocycles. The second-order valence-electron chi connectivity index (χ2n) is 3.79. The molecule has 0 spiro atoms. The summed E-state index contributed by atoms with van der Waals surface area (Å²) in [6.45, 7) is 0. The van der Waals surface area contributed by atoms with Crippen molar-refractivity contribution in [1.82, 2.24) is 4.98 Å². The van der Waals surface area contributed by atoms with Gasteiger partial charge in [-0.2, -0.15) is 0 Å². The van der Waals surface area contributed by atoms with Crippen LogP contribution in [0.1, 0.15) is 10.4 Å². The second-order valence-corrected chi connectivity index (χ2v) is 3.79. The van der Waals surface area contributed by atoms with Gasteiger partial charge in [-0.3, -0.25) is 9.78 Å². The molecule has 0 bridgehead atoms. The van der Waals surface area contributed by atoms with Crippen molar-refractivity contribution in [2.24, 2.45) is 5.73 Å². The molecule has 0 aliphatic heterocycles. The quantitative estimate of drug-likeness (QED) is 0.823. The van der Waals surface area contributed by atoms with Crippen LogP contribution < -0.4 is 10.6 Å². The number of rotatable bonds is 2. The third-order valence-corrected chi connectivity index (χ3v) is 2.49. The molecule has 0 saturated carbocycles. The van der Waals surface area contributed by atoms with Crippen LogP contribution >= 0.6 is 0 Å². The number of benzene rings is 1. The molecule has 16 heavy (non-hydrogen) atoms. The topological polar surface area (TPSA) is 59.2 Å². The van der Waals surface area contributed by atoms with Gasteiger partial charge in [0.2, 0.25) is 0 Å². The molecule has 0 fully saturated rings. The van der Waals surface area contributed by atoms with Crippen LogP contribution in [0.3, 0.4) is 0 Å². The molecule has 2 rings (SSSR count). The van der Waals surface area contributed by atoms with E-state index in [2.05, 4.69) is 4.98 Å². The fourth-order valence-corrected chi connectivity index (χ4v) is 1.75. The lowest BCUT2D eigenvalue weighted by Gasteiger charge is -2.15. The number of nitrogens with two attached hydrogens (primary N) is 1. The van der Waals surface area contributed by atoms with Gasteiger partial charge >= 0.3 is 0 Å². The molecule has 1 heterocycles. The average molecular weight is 215 g/mol. The minimum atomic E-state index is -0.450. The summed E-state index contributed by atoms with van der Waals surface area (Å²) in [4.78, 5) is 17.5. The standard InChI is InChI=1S/C12H13N3O/c1-15(2)10-6-5-9(12(13)16)11-8(10)4-3-7-14-11/h3-7H,1-2H3,(H2,13,16). The molecule has 0 atom stereocenters. The molecule has 0 aliphatic rings. The lowest BCUT2D eigenvalue weighted by Crippen LogP contribution is -2.14. The summed E-state index contributed by atoms with van der Waals surface area (Å²) in [5, 5.41) is 0.934. The van der Waals surface area contributed by atoms with Crippen molar-refractivity contribution < 1.29 is 4.79 Å². The van der Waals surface area contributed by atoms with Gasteiger partial charge in [-0.1, -0.05) is 0 Å². The molecule has 0 saturated heterocycles.